The van der Waals surface area contributed by atoms with Gasteiger partial charge in [0.05, 0.1) is 0 Å². The van der Waals surface area contributed by atoms with E-state index < -0.39 is 6.10 Å². The summed E-state index contributed by atoms with van der Waals surface area (Å²) in [7, 11) is 1.89. The van der Waals surface area contributed by atoms with E-state index in [4.69, 9.17) is 0 Å². The molecule has 1 aromatic carbocycles. The van der Waals surface area contributed by atoms with Crippen molar-refractivity contribution in [1.29, 1.82) is 0 Å². The summed E-state index contributed by atoms with van der Waals surface area (Å²) in [6.45, 7) is 1.29. The number of carbonyl (C=O) groups excluding carboxylic acids is 1. The first kappa shape index (κ1) is 18.4. The fourth-order valence-corrected chi connectivity index (χ4v) is 3.85. The van der Waals surface area contributed by atoms with Crippen LogP contribution in [0, 0.1) is 5.92 Å². The maximum absolute atomic E-state index is 13.0. The van der Waals surface area contributed by atoms with Crippen LogP contribution in [-0.4, -0.2) is 43.5 Å². The van der Waals surface area contributed by atoms with E-state index in [1.54, 1.807) is 18.6 Å². The van der Waals surface area contributed by atoms with Crippen LogP contribution in [0.4, 0.5) is 0 Å². The maximum Gasteiger partial charge on any atom is 0.253 e. The molecule has 1 saturated heterocycles. The number of benzene rings is 1. The van der Waals surface area contributed by atoms with Gasteiger partial charge in [-0.2, -0.15) is 0 Å². The predicted octanol–water partition coefficient (Wildman–Crippen LogP) is 3.07. The zero-order valence-electron chi connectivity index (χ0n) is 15.9. The Labute approximate surface area is 164 Å². The zero-order chi connectivity index (χ0) is 19.5. The first-order valence-electron chi connectivity index (χ1n) is 9.58. The van der Waals surface area contributed by atoms with Crippen molar-refractivity contribution in [3.63, 3.8) is 0 Å². The Hall–Kier alpha value is -2.99. The van der Waals surface area contributed by atoms with Crippen molar-refractivity contribution in [2.75, 3.05) is 13.1 Å². The highest BCUT2D eigenvalue weighted by molar-refractivity contribution is 5.95. The average Bonchev–Trinajstić information content (AvgIpc) is 3.19. The lowest BCUT2D eigenvalue weighted by Crippen LogP contribution is -2.40. The van der Waals surface area contributed by atoms with Gasteiger partial charge in [0.15, 0.2) is 0 Å². The molecule has 1 amide bonds. The van der Waals surface area contributed by atoms with Gasteiger partial charge in [-0.3, -0.25) is 9.78 Å². The summed E-state index contributed by atoms with van der Waals surface area (Å²) in [6.07, 6.45) is 7.99. The summed E-state index contributed by atoms with van der Waals surface area (Å²) in [6, 6.07) is 11.6. The second kappa shape index (κ2) is 7.94. The van der Waals surface area contributed by atoms with E-state index in [1.165, 1.54) is 0 Å². The van der Waals surface area contributed by atoms with Crippen molar-refractivity contribution >= 4 is 5.91 Å². The summed E-state index contributed by atoms with van der Waals surface area (Å²) < 4.78 is 1.85. The van der Waals surface area contributed by atoms with Crippen molar-refractivity contribution in [2.45, 2.75) is 18.9 Å². The number of aromatic nitrogens is 3. The van der Waals surface area contributed by atoms with E-state index in [-0.39, 0.29) is 11.8 Å². The third kappa shape index (κ3) is 3.68. The Balaban J connectivity index is 1.42. The van der Waals surface area contributed by atoms with Gasteiger partial charge in [0.1, 0.15) is 11.9 Å². The second-order valence-electron chi connectivity index (χ2n) is 7.29. The molecule has 1 atom stereocenters. The quantitative estimate of drug-likeness (QED) is 0.760. The van der Waals surface area contributed by atoms with Crippen LogP contribution >= 0.6 is 0 Å². The first-order chi connectivity index (χ1) is 13.6. The number of likely N-dealkylation sites (tertiary alicyclic amines) is 1. The van der Waals surface area contributed by atoms with Gasteiger partial charge in [0.25, 0.3) is 5.91 Å². The van der Waals surface area contributed by atoms with Crippen molar-refractivity contribution < 1.29 is 9.90 Å². The molecule has 2 aromatic heterocycles. The number of rotatable bonds is 4. The summed E-state index contributed by atoms with van der Waals surface area (Å²) in [4.78, 5) is 23.2. The lowest BCUT2D eigenvalue weighted by molar-refractivity contribution is 0.0420. The first-order valence-corrected chi connectivity index (χ1v) is 9.58. The molecule has 144 valence electrons. The highest BCUT2D eigenvalue weighted by Crippen LogP contribution is 2.30. The van der Waals surface area contributed by atoms with Crippen LogP contribution in [0.1, 0.15) is 35.1 Å². The fraction of sp³-hybridized carbons (Fsp3) is 0.318. The molecule has 0 radical (unpaired) electrons. The molecule has 0 bridgehead atoms. The van der Waals surface area contributed by atoms with Gasteiger partial charge >= 0.3 is 0 Å². The van der Waals surface area contributed by atoms with Crippen molar-refractivity contribution in [3.8, 4) is 11.1 Å². The molecule has 1 aliphatic rings. The second-order valence-corrected chi connectivity index (χ2v) is 7.29. The van der Waals surface area contributed by atoms with E-state index in [9.17, 15) is 9.90 Å². The van der Waals surface area contributed by atoms with E-state index in [0.29, 0.717) is 24.5 Å². The molecule has 3 aromatic rings. The molecular formula is C22H24N4O2. The normalized spacial score (nSPS) is 16.1. The summed E-state index contributed by atoms with van der Waals surface area (Å²) in [5, 5.41) is 10.6. The Morgan fingerprint density at radius 2 is 1.86 bits per heavy atom. The molecule has 6 nitrogen and oxygen atoms in total. The van der Waals surface area contributed by atoms with Crippen LogP contribution in [-0.2, 0) is 7.05 Å². The topological polar surface area (TPSA) is 71.2 Å². The Bertz CT molecular complexity index is 946. The van der Waals surface area contributed by atoms with Crippen LogP contribution in [0.2, 0.25) is 0 Å². The van der Waals surface area contributed by atoms with Crippen LogP contribution in [0.3, 0.4) is 0 Å². The molecule has 0 spiro atoms. The average molecular weight is 376 g/mol. The summed E-state index contributed by atoms with van der Waals surface area (Å²) in [5.41, 5.74) is 2.74. The predicted molar refractivity (Wildman–Crippen MR) is 106 cm³/mol. The molecule has 6 heteroatoms. The smallest absolute Gasteiger partial charge is 0.253 e. The molecule has 0 saturated carbocycles. The third-order valence-electron chi connectivity index (χ3n) is 5.52. The molecule has 4 rings (SSSR count). The minimum atomic E-state index is -0.590. The van der Waals surface area contributed by atoms with Gasteiger partial charge in [-0.1, -0.05) is 12.1 Å². The number of nitrogens with zero attached hydrogens (tertiary/aromatic N) is 4. The molecule has 3 heterocycles. The van der Waals surface area contributed by atoms with Crippen LogP contribution in [0.15, 0.2) is 61.2 Å². The third-order valence-corrected chi connectivity index (χ3v) is 5.52. The van der Waals surface area contributed by atoms with Gasteiger partial charge in [-0.25, -0.2) is 4.98 Å². The lowest BCUT2D eigenvalue weighted by atomic mass is 9.90. The number of aliphatic hydroxyl groups excluding tert-OH is 1. The minimum absolute atomic E-state index is 0.0424. The van der Waals surface area contributed by atoms with Gasteiger partial charge < -0.3 is 14.6 Å². The van der Waals surface area contributed by atoms with E-state index in [2.05, 4.69) is 9.97 Å². The molecule has 1 fully saturated rings. The number of piperidine rings is 1. The van der Waals surface area contributed by atoms with Gasteiger partial charge in [0, 0.05) is 50.5 Å². The van der Waals surface area contributed by atoms with Crippen molar-refractivity contribution in [3.05, 3.63) is 72.6 Å². The Kier molecular flexibility index (Phi) is 5.21. The number of aliphatic hydroxyl groups is 1. The number of hydrogen-bond donors (Lipinski definition) is 1. The number of aryl methyl sites for hydroxylation is 1. The van der Waals surface area contributed by atoms with E-state index >= 15 is 0 Å². The number of imidazole rings is 1. The summed E-state index contributed by atoms with van der Waals surface area (Å²) in [5.74, 6) is 0.851. The Morgan fingerprint density at radius 1 is 1.11 bits per heavy atom. The highest BCUT2D eigenvalue weighted by atomic mass is 16.3. The van der Waals surface area contributed by atoms with Crippen molar-refractivity contribution in [2.24, 2.45) is 13.0 Å². The standard InChI is InChI=1S/C22H24N4O2/c1-25-14-11-24-21(25)20(27)17-7-12-26(13-8-17)22(28)19-4-2-3-18(15-19)16-5-9-23-10-6-16/h2-6,9-11,14-15,17,20,27H,7-8,12-13H2,1H3/t20-/m0/s1. The summed E-state index contributed by atoms with van der Waals surface area (Å²) >= 11 is 0. The number of hydrogen-bond acceptors (Lipinski definition) is 4. The molecular weight excluding hydrogens is 352 g/mol. The Morgan fingerprint density at radius 3 is 2.54 bits per heavy atom. The van der Waals surface area contributed by atoms with Gasteiger partial charge in [0.2, 0.25) is 0 Å². The van der Waals surface area contributed by atoms with Crippen LogP contribution < -0.4 is 0 Å². The fourth-order valence-electron chi connectivity index (χ4n) is 3.85. The molecule has 1 aliphatic heterocycles. The van der Waals surface area contributed by atoms with Crippen LogP contribution in [0.5, 0.6) is 0 Å². The van der Waals surface area contributed by atoms with E-state index in [1.807, 2.05) is 59.1 Å². The monoisotopic (exact) mass is 376 g/mol. The molecule has 0 unspecified atom stereocenters. The van der Waals surface area contributed by atoms with Gasteiger partial charge in [-0.05, 0) is 54.2 Å². The van der Waals surface area contributed by atoms with Crippen molar-refractivity contribution in [1.82, 2.24) is 19.4 Å². The van der Waals surface area contributed by atoms with E-state index in [0.717, 1.165) is 24.0 Å². The van der Waals surface area contributed by atoms with Gasteiger partial charge in [-0.15, -0.1) is 0 Å². The lowest BCUT2D eigenvalue weighted by Gasteiger charge is -2.34. The number of pyridine rings is 1. The highest BCUT2D eigenvalue weighted by Gasteiger charge is 2.30. The molecule has 28 heavy (non-hydrogen) atoms. The largest absolute Gasteiger partial charge is 0.385 e. The van der Waals surface area contributed by atoms with Crippen LogP contribution in [0.25, 0.3) is 11.1 Å². The SMILES string of the molecule is Cn1ccnc1[C@@H](O)C1CCN(C(=O)c2cccc(-c3ccncc3)c2)CC1. The zero-order valence-corrected chi connectivity index (χ0v) is 15.9. The maximum atomic E-state index is 13.0. The molecule has 1 N–H and O–H groups in total. The number of carbonyl (C=O) groups is 1. The minimum Gasteiger partial charge on any atom is -0.385 e. The molecule has 0 aliphatic carbocycles. The number of amides is 1.